The van der Waals surface area contributed by atoms with Crippen molar-refractivity contribution in [2.45, 2.75) is 13.5 Å². The van der Waals surface area contributed by atoms with Gasteiger partial charge < -0.3 is 14.9 Å². The molecule has 0 atom stereocenters. The summed E-state index contributed by atoms with van der Waals surface area (Å²) < 4.78 is 10.7. The van der Waals surface area contributed by atoms with Gasteiger partial charge in [-0.1, -0.05) is 12.1 Å². The fraction of sp³-hybridized carbons (Fsp3) is 0.231. The van der Waals surface area contributed by atoms with Crippen molar-refractivity contribution in [3.8, 4) is 11.6 Å². The Hall–Kier alpha value is -2.34. The number of nitrogens with zero attached hydrogens (tertiary/aromatic N) is 2. The molecule has 0 aliphatic rings. The Labute approximate surface area is 111 Å². The lowest BCUT2D eigenvalue weighted by Crippen LogP contribution is -2.10. The minimum absolute atomic E-state index is 0.421. The van der Waals surface area contributed by atoms with Gasteiger partial charge in [0.1, 0.15) is 24.0 Å². The van der Waals surface area contributed by atoms with Gasteiger partial charge in [-0.15, -0.1) is 0 Å². The van der Waals surface area contributed by atoms with Crippen LogP contribution in [0.4, 0.5) is 5.82 Å². The van der Waals surface area contributed by atoms with Gasteiger partial charge in [0.2, 0.25) is 5.88 Å². The zero-order chi connectivity index (χ0) is 13.7. The number of hydrazine groups is 1. The summed E-state index contributed by atoms with van der Waals surface area (Å²) in [5, 5.41) is 0. The van der Waals surface area contributed by atoms with Crippen molar-refractivity contribution < 1.29 is 9.47 Å². The SMILES string of the molecule is COc1ccc(COc2cc(NN)nc(C)n2)cc1. The van der Waals surface area contributed by atoms with Gasteiger partial charge in [0, 0.05) is 6.07 Å². The van der Waals surface area contributed by atoms with Crippen LogP contribution in [-0.4, -0.2) is 17.1 Å². The molecule has 19 heavy (non-hydrogen) atoms. The first kappa shape index (κ1) is 13.1. The van der Waals surface area contributed by atoms with E-state index in [-0.39, 0.29) is 0 Å². The van der Waals surface area contributed by atoms with Crippen LogP contribution in [0.5, 0.6) is 11.6 Å². The van der Waals surface area contributed by atoms with Gasteiger partial charge in [-0.2, -0.15) is 4.98 Å². The maximum atomic E-state index is 5.60. The molecule has 0 spiro atoms. The number of rotatable bonds is 5. The second-order valence-corrected chi connectivity index (χ2v) is 3.92. The highest BCUT2D eigenvalue weighted by Gasteiger charge is 2.02. The zero-order valence-electron chi connectivity index (χ0n) is 10.9. The Balaban J connectivity index is 2.03. The minimum Gasteiger partial charge on any atom is -0.497 e. The largest absolute Gasteiger partial charge is 0.497 e. The first-order chi connectivity index (χ1) is 9.21. The predicted molar refractivity (Wildman–Crippen MR) is 71.9 cm³/mol. The van der Waals surface area contributed by atoms with E-state index in [4.69, 9.17) is 15.3 Å². The van der Waals surface area contributed by atoms with Crippen LogP contribution < -0.4 is 20.7 Å². The quantitative estimate of drug-likeness (QED) is 0.628. The topological polar surface area (TPSA) is 82.3 Å². The summed E-state index contributed by atoms with van der Waals surface area (Å²) in [6.45, 7) is 2.20. The van der Waals surface area contributed by atoms with Crippen LogP contribution in [0.3, 0.4) is 0 Å². The molecule has 0 fully saturated rings. The van der Waals surface area contributed by atoms with Gasteiger partial charge in [0.25, 0.3) is 0 Å². The Bertz CT molecular complexity index is 543. The van der Waals surface area contributed by atoms with Crippen LogP contribution in [-0.2, 0) is 6.61 Å². The molecule has 0 aliphatic heterocycles. The molecule has 1 heterocycles. The molecule has 1 aromatic carbocycles. The Morgan fingerprint density at radius 1 is 1.21 bits per heavy atom. The number of nitrogens with one attached hydrogen (secondary N) is 1. The number of aromatic nitrogens is 2. The summed E-state index contributed by atoms with van der Waals surface area (Å²) in [6.07, 6.45) is 0. The number of methoxy groups -OCH3 is 1. The fourth-order valence-corrected chi connectivity index (χ4v) is 1.57. The lowest BCUT2D eigenvalue weighted by Gasteiger charge is -2.08. The second kappa shape index (κ2) is 6.01. The molecule has 2 aromatic rings. The minimum atomic E-state index is 0.421. The van der Waals surface area contributed by atoms with Crippen molar-refractivity contribution in [1.29, 1.82) is 0 Å². The molecule has 0 saturated carbocycles. The van der Waals surface area contributed by atoms with Crippen LogP contribution >= 0.6 is 0 Å². The van der Waals surface area contributed by atoms with Crippen LogP contribution in [0.25, 0.3) is 0 Å². The fourth-order valence-electron chi connectivity index (χ4n) is 1.57. The highest BCUT2D eigenvalue weighted by atomic mass is 16.5. The van der Waals surface area contributed by atoms with Gasteiger partial charge in [0.15, 0.2) is 0 Å². The summed E-state index contributed by atoms with van der Waals surface area (Å²) in [4.78, 5) is 8.26. The number of ether oxygens (including phenoxy) is 2. The molecule has 1 aromatic heterocycles. The highest BCUT2D eigenvalue weighted by Crippen LogP contribution is 2.16. The molecule has 0 radical (unpaired) electrons. The third-order valence-electron chi connectivity index (χ3n) is 2.51. The molecule has 6 heteroatoms. The summed E-state index contributed by atoms with van der Waals surface area (Å²) in [6, 6.07) is 9.30. The average Bonchev–Trinajstić information content (AvgIpc) is 2.45. The van der Waals surface area contributed by atoms with Gasteiger partial charge in [0.05, 0.1) is 7.11 Å². The number of anilines is 1. The second-order valence-electron chi connectivity index (χ2n) is 3.92. The third kappa shape index (κ3) is 3.56. The molecule has 2 rings (SSSR count). The Morgan fingerprint density at radius 3 is 2.58 bits per heavy atom. The van der Waals surface area contributed by atoms with Gasteiger partial charge >= 0.3 is 0 Å². The van der Waals surface area contributed by atoms with E-state index in [1.165, 1.54) is 0 Å². The van der Waals surface area contributed by atoms with E-state index < -0.39 is 0 Å². The molecular formula is C13H16N4O2. The van der Waals surface area contributed by atoms with E-state index in [9.17, 15) is 0 Å². The van der Waals surface area contributed by atoms with Crippen LogP contribution in [0.1, 0.15) is 11.4 Å². The zero-order valence-corrected chi connectivity index (χ0v) is 10.9. The summed E-state index contributed by atoms with van der Waals surface area (Å²) >= 11 is 0. The summed E-state index contributed by atoms with van der Waals surface area (Å²) in [5.74, 6) is 7.74. The van der Waals surface area contributed by atoms with E-state index >= 15 is 0 Å². The average molecular weight is 260 g/mol. The number of benzene rings is 1. The first-order valence-electron chi connectivity index (χ1n) is 5.79. The molecular weight excluding hydrogens is 244 g/mol. The van der Waals surface area contributed by atoms with Crippen molar-refractivity contribution in [3.05, 3.63) is 41.7 Å². The number of nitrogens with two attached hydrogens (primary N) is 1. The molecule has 0 unspecified atom stereocenters. The first-order valence-corrected chi connectivity index (χ1v) is 5.79. The number of nitrogen functional groups attached to an aromatic ring is 1. The van der Waals surface area contributed by atoms with Crippen LogP contribution in [0.15, 0.2) is 30.3 Å². The van der Waals surface area contributed by atoms with E-state index in [1.807, 2.05) is 24.3 Å². The lowest BCUT2D eigenvalue weighted by molar-refractivity contribution is 0.292. The summed E-state index contributed by atoms with van der Waals surface area (Å²) in [5.41, 5.74) is 3.50. The number of hydrogen-bond acceptors (Lipinski definition) is 6. The van der Waals surface area contributed by atoms with Crippen molar-refractivity contribution >= 4 is 5.82 Å². The Morgan fingerprint density at radius 2 is 1.95 bits per heavy atom. The molecule has 0 saturated heterocycles. The van der Waals surface area contributed by atoms with Crippen molar-refractivity contribution in [2.75, 3.05) is 12.5 Å². The monoisotopic (exact) mass is 260 g/mol. The van der Waals surface area contributed by atoms with Crippen molar-refractivity contribution in [1.82, 2.24) is 9.97 Å². The number of hydrogen-bond donors (Lipinski definition) is 2. The molecule has 6 nitrogen and oxygen atoms in total. The maximum Gasteiger partial charge on any atom is 0.219 e. The molecule has 3 N–H and O–H groups in total. The smallest absolute Gasteiger partial charge is 0.219 e. The van der Waals surface area contributed by atoms with Gasteiger partial charge in [-0.3, -0.25) is 0 Å². The van der Waals surface area contributed by atoms with E-state index in [0.29, 0.717) is 24.1 Å². The van der Waals surface area contributed by atoms with Gasteiger partial charge in [-0.05, 0) is 24.6 Å². The standard InChI is InChI=1S/C13H16N4O2/c1-9-15-12(17-14)7-13(16-9)19-8-10-3-5-11(18-2)6-4-10/h3-7H,8,14H2,1-2H3,(H,15,16,17). The molecule has 0 amide bonds. The van der Waals surface area contributed by atoms with Crippen molar-refractivity contribution in [3.63, 3.8) is 0 Å². The maximum absolute atomic E-state index is 5.60. The summed E-state index contributed by atoms with van der Waals surface area (Å²) in [7, 11) is 1.64. The predicted octanol–water partition coefficient (Wildman–Crippen LogP) is 1.66. The Kier molecular flexibility index (Phi) is 4.15. The normalized spacial score (nSPS) is 10.1. The molecule has 100 valence electrons. The molecule has 0 bridgehead atoms. The van der Waals surface area contributed by atoms with E-state index in [2.05, 4.69) is 15.4 Å². The van der Waals surface area contributed by atoms with E-state index in [1.54, 1.807) is 20.1 Å². The van der Waals surface area contributed by atoms with Crippen molar-refractivity contribution in [2.24, 2.45) is 5.84 Å². The molecule has 0 aliphatic carbocycles. The highest BCUT2D eigenvalue weighted by molar-refractivity contribution is 5.37. The van der Waals surface area contributed by atoms with Crippen LogP contribution in [0, 0.1) is 6.92 Å². The third-order valence-corrected chi connectivity index (χ3v) is 2.51. The number of aryl methyl sites for hydroxylation is 1. The van der Waals surface area contributed by atoms with E-state index in [0.717, 1.165) is 11.3 Å². The lowest BCUT2D eigenvalue weighted by atomic mass is 10.2. The van der Waals surface area contributed by atoms with Crippen LogP contribution in [0.2, 0.25) is 0 Å². The van der Waals surface area contributed by atoms with Gasteiger partial charge in [-0.25, -0.2) is 10.8 Å².